The molecule has 2 heterocycles. The summed E-state index contributed by atoms with van der Waals surface area (Å²) in [6, 6.07) is 5.62. The van der Waals surface area contributed by atoms with Crippen molar-refractivity contribution in [1.82, 2.24) is 9.78 Å². The second kappa shape index (κ2) is 5.23. The Kier molecular flexibility index (Phi) is 3.44. The van der Waals surface area contributed by atoms with Crippen molar-refractivity contribution in [3.8, 4) is 5.75 Å². The van der Waals surface area contributed by atoms with Crippen molar-refractivity contribution in [2.75, 3.05) is 13.7 Å². The van der Waals surface area contributed by atoms with Gasteiger partial charge in [0.1, 0.15) is 5.75 Å². The van der Waals surface area contributed by atoms with Gasteiger partial charge in [-0.05, 0) is 18.2 Å². The number of aromatic nitrogens is 2. The molecule has 100 valence electrons. The van der Waals surface area contributed by atoms with E-state index in [-0.39, 0.29) is 0 Å². The van der Waals surface area contributed by atoms with Gasteiger partial charge in [0.25, 0.3) is 0 Å². The maximum absolute atomic E-state index is 6.04. The zero-order valence-corrected chi connectivity index (χ0v) is 11.5. The molecular weight excluding hydrogens is 264 g/mol. The highest BCUT2D eigenvalue weighted by Gasteiger charge is 2.14. The summed E-state index contributed by atoms with van der Waals surface area (Å²) >= 11 is 6.04. The molecule has 0 amide bonds. The van der Waals surface area contributed by atoms with Crippen LogP contribution in [0.5, 0.6) is 5.75 Å². The van der Waals surface area contributed by atoms with Crippen LogP contribution in [0.3, 0.4) is 0 Å². The van der Waals surface area contributed by atoms with Crippen LogP contribution in [0.25, 0.3) is 0 Å². The second-order valence-corrected chi connectivity index (χ2v) is 4.99. The molecule has 2 aromatic rings. The van der Waals surface area contributed by atoms with Gasteiger partial charge in [0.2, 0.25) is 0 Å². The van der Waals surface area contributed by atoms with Crippen molar-refractivity contribution in [2.45, 2.75) is 19.6 Å². The summed E-state index contributed by atoms with van der Waals surface area (Å²) in [6.07, 6.45) is 2.92. The Morgan fingerprint density at radius 3 is 3.16 bits per heavy atom. The van der Waals surface area contributed by atoms with E-state index in [4.69, 9.17) is 21.1 Å². The normalized spacial score (nSPS) is 14.2. The Morgan fingerprint density at radius 1 is 1.47 bits per heavy atom. The van der Waals surface area contributed by atoms with Crippen molar-refractivity contribution in [2.24, 2.45) is 0 Å². The van der Waals surface area contributed by atoms with E-state index in [9.17, 15) is 0 Å². The molecule has 0 atom stereocenters. The molecule has 0 unspecified atom stereocenters. The van der Waals surface area contributed by atoms with Gasteiger partial charge in [-0.3, -0.25) is 4.68 Å². The average molecular weight is 279 g/mol. The van der Waals surface area contributed by atoms with Gasteiger partial charge in [-0.1, -0.05) is 11.6 Å². The highest BCUT2D eigenvalue weighted by atomic mass is 35.5. The second-order valence-electron chi connectivity index (χ2n) is 4.56. The SMILES string of the molecule is COc1ccc(Cl)cc1Cn1cc2c(n1)CCOC2. The molecule has 0 N–H and O–H groups in total. The van der Waals surface area contributed by atoms with Crippen LogP contribution in [-0.2, 0) is 24.3 Å². The van der Waals surface area contributed by atoms with Crippen molar-refractivity contribution < 1.29 is 9.47 Å². The lowest BCUT2D eigenvalue weighted by atomic mass is 10.2. The van der Waals surface area contributed by atoms with Crippen molar-refractivity contribution in [3.63, 3.8) is 0 Å². The van der Waals surface area contributed by atoms with Crippen LogP contribution in [0.15, 0.2) is 24.4 Å². The highest BCUT2D eigenvalue weighted by Crippen LogP contribution is 2.24. The van der Waals surface area contributed by atoms with Gasteiger partial charge < -0.3 is 9.47 Å². The molecule has 1 aliphatic heterocycles. The summed E-state index contributed by atoms with van der Waals surface area (Å²) in [6.45, 7) is 2.06. The lowest BCUT2D eigenvalue weighted by molar-refractivity contribution is 0.110. The number of hydrogen-bond donors (Lipinski definition) is 0. The number of ether oxygens (including phenoxy) is 2. The van der Waals surface area contributed by atoms with E-state index < -0.39 is 0 Å². The molecular formula is C14H15ClN2O2. The van der Waals surface area contributed by atoms with Crippen LogP contribution >= 0.6 is 11.6 Å². The van der Waals surface area contributed by atoms with Gasteiger partial charge in [-0.15, -0.1) is 0 Å². The molecule has 0 fully saturated rings. The molecule has 4 nitrogen and oxygen atoms in total. The first kappa shape index (κ1) is 12.5. The third-order valence-electron chi connectivity index (χ3n) is 3.24. The van der Waals surface area contributed by atoms with Crippen LogP contribution in [0.1, 0.15) is 16.8 Å². The molecule has 3 rings (SSSR count). The lowest BCUT2D eigenvalue weighted by Gasteiger charge is -2.09. The van der Waals surface area contributed by atoms with Crippen LogP contribution < -0.4 is 4.74 Å². The van der Waals surface area contributed by atoms with E-state index in [0.717, 1.165) is 30.0 Å². The fourth-order valence-corrected chi connectivity index (χ4v) is 2.51. The van der Waals surface area contributed by atoms with Gasteiger partial charge in [0.15, 0.2) is 0 Å². The first-order valence-electron chi connectivity index (χ1n) is 6.21. The minimum Gasteiger partial charge on any atom is -0.496 e. The summed E-state index contributed by atoms with van der Waals surface area (Å²) < 4.78 is 12.7. The molecule has 1 aromatic carbocycles. The molecule has 1 aliphatic rings. The van der Waals surface area contributed by atoms with Crippen LogP contribution in [0, 0.1) is 0 Å². The predicted molar refractivity (Wildman–Crippen MR) is 72.7 cm³/mol. The molecule has 1 aromatic heterocycles. The Balaban J connectivity index is 1.88. The van der Waals surface area contributed by atoms with Gasteiger partial charge >= 0.3 is 0 Å². The van der Waals surface area contributed by atoms with E-state index >= 15 is 0 Å². The average Bonchev–Trinajstić information content (AvgIpc) is 2.81. The van der Waals surface area contributed by atoms with Crippen molar-refractivity contribution >= 4 is 11.6 Å². The summed E-state index contributed by atoms with van der Waals surface area (Å²) in [5.74, 6) is 0.828. The molecule has 19 heavy (non-hydrogen) atoms. The lowest BCUT2D eigenvalue weighted by Crippen LogP contribution is -2.08. The standard InChI is InChI=1S/C14H15ClN2O2/c1-18-14-3-2-12(15)6-10(14)7-17-8-11-9-19-5-4-13(11)16-17/h2-3,6,8H,4-5,7,9H2,1H3. The molecule has 0 radical (unpaired) electrons. The van der Waals surface area contributed by atoms with E-state index in [1.165, 1.54) is 5.56 Å². The third-order valence-corrected chi connectivity index (χ3v) is 3.48. The molecule has 0 saturated carbocycles. The summed E-state index contributed by atoms with van der Waals surface area (Å²) in [5.41, 5.74) is 3.33. The Morgan fingerprint density at radius 2 is 2.37 bits per heavy atom. The van der Waals surface area contributed by atoms with Crippen molar-refractivity contribution in [1.29, 1.82) is 0 Å². The quantitative estimate of drug-likeness (QED) is 0.866. The topological polar surface area (TPSA) is 36.3 Å². The van der Waals surface area contributed by atoms with E-state index in [2.05, 4.69) is 5.10 Å². The highest BCUT2D eigenvalue weighted by molar-refractivity contribution is 6.30. The first-order chi connectivity index (χ1) is 9.26. The van der Waals surface area contributed by atoms with Gasteiger partial charge in [-0.25, -0.2) is 0 Å². The number of halogens is 1. The Labute approximate surface area is 116 Å². The van der Waals surface area contributed by atoms with E-state index in [1.54, 1.807) is 7.11 Å². The zero-order chi connectivity index (χ0) is 13.2. The Bertz CT molecular complexity index is 572. The van der Waals surface area contributed by atoms with Gasteiger partial charge in [0, 0.05) is 28.8 Å². The number of rotatable bonds is 3. The largest absolute Gasteiger partial charge is 0.496 e. The third kappa shape index (κ3) is 2.60. The first-order valence-corrected chi connectivity index (χ1v) is 6.59. The molecule has 0 saturated heterocycles. The minimum atomic E-state index is 0.650. The Hall–Kier alpha value is -1.52. The van der Waals surface area contributed by atoms with Crippen molar-refractivity contribution in [3.05, 3.63) is 46.2 Å². The maximum atomic E-state index is 6.04. The molecule has 0 bridgehead atoms. The summed E-state index contributed by atoms with van der Waals surface area (Å²) in [5, 5.41) is 5.29. The zero-order valence-electron chi connectivity index (χ0n) is 10.7. The molecule has 5 heteroatoms. The van der Waals surface area contributed by atoms with Crippen LogP contribution in [0.4, 0.5) is 0 Å². The summed E-state index contributed by atoms with van der Waals surface area (Å²) in [7, 11) is 1.66. The van der Waals surface area contributed by atoms with E-state index in [1.807, 2.05) is 29.1 Å². The monoisotopic (exact) mass is 278 g/mol. The molecule has 0 spiro atoms. The van der Waals surface area contributed by atoms with Crippen LogP contribution in [0.2, 0.25) is 5.02 Å². The number of nitrogens with zero attached hydrogens (tertiary/aromatic N) is 2. The van der Waals surface area contributed by atoms with Gasteiger partial charge in [-0.2, -0.15) is 5.10 Å². The maximum Gasteiger partial charge on any atom is 0.124 e. The summed E-state index contributed by atoms with van der Waals surface area (Å²) in [4.78, 5) is 0. The fourth-order valence-electron chi connectivity index (χ4n) is 2.31. The fraction of sp³-hybridized carbons (Fsp3) is 0.357. The smallest absolute Gasteiger partial charge is 0.124 e. The van der Waals surface area contributed by atoms with E-state index in [0.29, 0.717) is 18.2 Å². The molecule has 0 aliphatic carbocycles. The number of hydrogen-bond acceptors (Lipinski definition) is 3. The van der Waals surface area contributed by atoms with Crippen LogP contribution in [-0.4, -0.2) is 23.5 Å². The predicted octanol–water partition coefficient (Wildman–Crippen LogP) is 2.67. The number of fused-ring (bicyclic) bond motifs is 1. The van der Waals surface area contributed by atoms with Gasteiger partial charge in [0.05, 0.1) is 32.6 Å². The minimum absolute atomic E-state index is 0.650. The number of benzene rings is 1. The number of methoxy groups -OCH3 is 1.